The van der Waals surface area contributed by atoms with Crippen LogP contribution in [0, 0.1) is 6.92 Å². The number of carbonyl (C=O) groups excluding carboxylic acids is 1. The normalized spacial score (nSPS) is 13.4. The van der Waals surface area contributed by atoms with E-state index in [4.69, 9.17) is 0 Å². The molecule has 2 aromatic heterocycles. The summed E-state index contributed by atoms with van der Waals surface area (Å²) < 4.78 is 3.58. The highest BCUT2D eigenvalue weighted by Crippen LogP contribution is 2.36. The van der Waals surface area contributed by atoms with Gasteiger partial charge in [0.05, 0.1) is 23.5 Å². The van der Waals surface area contributed by atoms with Crippen LogP contribution < -0.4 is 5.32 Å². The number of carbonyl (C=O) groups is 1. The SMILES string of the molecule is Cc1ccccc1-n1cc(C(=O)Nc2ccc(-c3nnnn3C3CC3)cc2)cn1. The number of tetrazole rings is 1. The lowest BCUT2D eigenvalue weighted by Gasteiger charge is -2.06. The van der Waals surface area contributed by atoms with Gasteiger partial charge in [0.1, 0.15) is 0 Å². The Morgan fingerprint density at radius 2 is 1.90 bits per heavy atom. The molecule has 2 aromatic carbocycles. The predicted octanol–water partition coefficient (Wildman–Crippen LogP) is 3.42. The first-order valence-corrected chi connectivity index (χ1v) is 9.49. The standard InChI is InChI=1S/C21H19N7O/c1-14-4-2-3-5-19(14)27-13-16(12-22-27)21(29)23-17-8-6-15(7-9-17)20-24-25-26-28(20)18-10-11-18/h2-9,12-13,18H,10-11H2,1H3,(H,23,29). The third-order valence-electron chi connectivity index (χ3n) is 4.99. The summed E-state index contributed by atoms with van der Waals surface area (Å²) in [6, 6.07) is 15.8. The van der Waals surface area contributed by atoms with Crippen LogP contribution in [0.5, 0.6) is 0 Å². The van der Waals surface area contributed by atoms with Crippen molar-refractivity contribution in [3.63, 3.8) is 0 Å². The van der Waals surface area contributed by atoms with Crippen molar-refractivity contribution in [1.29, 1.82) is 0 Å². The van der Waals surface area contributed by atoms with E-state index < -0.39 is 0 Å². The molecule has 8 nitrogen and oxygen atoms in total. The molecule has 1 saturated carbocycles. The zero-order valence-corrected chi connectivity index (χ0v) is 15.9. The van der Waals surface area contributed by atoms with Gasteiger partial charge >= 0.3 is 0 Å². The molecule has 144 valence electrons. The van der Waals surface area contributed by atoms with Crippen molar-refractivity contribution in [2.24, 2.45) is 0 Å². The van der Waals surface area contributed by atoms with Crippen molar-refractivity contribution < 1.29 is 4.79 Å². The molecule has 0 atom stereocenters. The van der Waals surface area contributed by atoms with Gasteiger partial charge in [-0.05, 0) is 66.1 Å². The van der Waals surface area contributed by atoms with Gasteiger partial charge in [0, 0.05) is 17.4 Å². The number of rotatable bonds is 5. The van der Waals surface area contributed by atoms with Crippen LogP contribution in [-0.2, 0) is 0 Å². The molecule has 1 amide bonds. The van der Waals surface area contributed by atoms with E-state index in [1.807, 2.05) is 60.1 Å². The van der Waals surface area contributed by atoms with E-state index in [0.717, 1.165) is 35.5 Å². The minimum absolute atomic E-state index is 0.208. The number of para-hydroxylation sites is 1. The summed E-state index contributed by atoms with van der Waals surface area (Å²) in [4.78, 5) is 12.6. The third-order valence-corrected chi connectivity index (χ3v) is 4.99. The number of aromatic nitrogens is 6. The Morgan fingerprint density at radius 1 is 1.10 bits per heavy atom. The fourth-order valence-electron chi connectivity index (χ4n) is 3.25. The van der Waals surface area contributed by atoms with Gasteiger partial charge in [-0.3, -0.25) is 4.79 Å². The van der Waals surface area contributed by atoms with E-state index in [0.29, 0.717) is 17.3 Å². The highest BCUT2D eigenvalue weighted by molar-refractivity contribution is 6.04. The van der Waals surface area contributed by atoms with Crippen molar-refractivity contribution in [2.45, 2.75) is 25.8 Å². The highest BCUT2D eigenvalue weighted by Gasteiger charge is 2.28. The summed E-state index contributed by atoms with van der Waals surface area (Å²) in [5.41, 5.74) is 4.16. The first kappa shape index (κ1) is 17.3. The van der Waals surface area contributed by atoms with Crippen molar-refractivity contribution >= 4 is 11.6 Å². The maximum absolute atomic E-state index is 12.6. The van der Waals surface area contributed by atoms with E-state index in [1.165, 1.54) is 0 Å². The molecular formula is C21H19N7O. The largest absolute Gasteiger partial charge is 0.322 e. The van der Waals surface area contributed by atoms with Crippen LogP contribution in [0.4, 0.5) is 5.69 Å². The molecule has 0 radical (unpaired) electrons. The quantitative estimate of drug-likeness (QED) is 0.568. The number of aryl methyl sites for hydroxylation is 1. The first-order valence-electron chi connectivity index (χ1n) is 9.49. The fourth-order valence-corrected chi connectivity index (χ4v) is 3.25. The summed E-state index contributed by atoms with van der Waals surface area (Å²) in [6.45, 7) is 2.01. The van der Waals surface area contributed by atoms with E-state index in [-0.39, 0.29) is 5.91 Å². The van der Waals surface area contributed by atoms with E-state index >= 15 is 0 Å². The van der Waals surface area contributed by atoms with Crippen LogP contribution in [0.1, 0.15) is 34.8 Å². The highest BCUT2D eigenvalue weighted by atomic mass is 16.1. The monoisotopic (exact) mass is 385 g/mol. The predicted molar refractivity (Wildman–Crippen MR) is 108 cm³/mol. The zero-order valence-electron chi connectivity index (χ0n) is 15.9. The van der Waals surface area contributed by atoms with Gasteiger partial charge in [0.25, 0.3) is 5.91 Å². The second-order valence-electron chi connectivity index (χ2n) is 7.17. The number of nitrogens with one attached hydrogen (secondary N) is 1. The Balaban J connectivity index is 1.31. The van der Waals surface area contributed by atoms with E-state index in [2.05, 4.69) is 25.9 Å². The first-order chi connectivity index (χ1) is 14.2. The molecule has 1 aliphatic carbocycles. The molecule has 2 heterocycles. The molecule has 29 heavy (non-hydrogen) atoms. The Bertz CT molecular complexity index is 1170. The van der Waals surface area contributed by atoms with Crippen molar-refractivity contribution in [1.82, 2.24) is 30.0 Å². The Kier molecular flexibility index (Phi) is 4.16. The lowest BCUT2D eigenvalue weighted by Crippen LogP contribution is -2.11. The maximum Gasteiger partial charge on any atom is 0.258 e. The number of amides is 1. The maximum atomic E-state index is 12.6. The molecular weight excluding hydrogens is 366 g/mol. The molecule has 5 rings (SSSR count). The number of nitrogens with zero attached hydrogens (tertiary/aromatic N) is 6. The minimum atomic E-state index is -0.208. The van der Waals surface area contributed by atoms with E-state index in [9.17, 15) is 4.79 Å². The topological polar surface area (TPSA) is 90.5 Å². The average molecular weight is 385 g/mol. The van der Waals surface area contributed by atoms with Crippen LogP contribution in [0.15, 0.2) is 60.9 Å². The van der Waals surface area contributed by atoms with Crippen LogP contribution in [0.2, 0.25) is 0 Å². The van der Waals surface area contributed by atoms with Gasteiger partial charge in [-0.2, -0.15) is 5.10 Å². The summed E-state index contributed by atoms with van der Waals surface area (Å²) in [7, 11) is 0. The van der Waals surface area contributed by atoms with Crippen molar-refractivity contribution in [3.05, 3.63) is 72.1 Å². The van der Waals surface area contributed by atoms with Gasteiger partial charge in [-0.1, -0.05) is 18.2 Å². The van der Waals surface area contributed by atoms with Crippen molar-refractivity contribution in [3.8, 4) is 17.1 Å². The minimum Gasteiger partial charge on any atom is -0.322 e. The molecule has 0 unspecified atom stereocenters. The van der Waals surface area contributed by atoms with Crippen LogP contribution in [0.25, 0.3) is 17.1 Å². The molecule has 0 bridgehead atoms. The molecule has 1 aliphatic rings. The number of hydrogen-bond donors (Lipinski definition) is 1. The summed E-state index contributed by atoms with van der Waals surface area (Å²) in [5, 5.41) is 19.2. The molecule has 0 aliphatic heterocycles. The number of hydrogen-bond acceptors (Lipinski definition) is 5. The number of anilines is 1. The number of benzene rings is 2. The second-order valence-corrected chi connectivity index (χ2v) is 7.17. The smallest absolute Gasteiger partial charge is 0.258 e. The van der Waals surface area contributed by atoms with Crippen LogP contribution in [0.3, 0.4) is 0 Å². The summed E-state index contributed by atoms with van der Waals surface area (Å²) >= 11 is 0. The molecule has 0 spiro atoms. The Hall–Kier alpha value is -3.81. The molecule has 1 N–H and O–H groups in total. The Morgan fingerprint density at radius 3 is 2.66 bits per heavy atom. The average Bonchev–Trinajstić information content (AvgIpc) is 3.26. The fraction of sp³-hybridized carbons (Fsp3) is 0.190. The van der Waals surface area contributed by atoms with Crippen molar-refractivity contribution in [2.75, 3.05) is 5.32 Å². The molecule has 0 saturated heterocycles. The van der Waals surface area contributed by atoms with Crippen LogP contribution in [-0.4, -0.2) is 35.9 Å². The van der Waals surface area contributed by atoms with Crippen LogP contribution >= 0.6 is 0 Å². The van der Waals surface area contributed by atoms with Gasteiger partial charge in [0.2, 0.25) is 0 Å². The van der Waals surface area contributed by atoms with Gasteiger partial charge in [0.15, 0.2) is 5.82 Å². The Labute approximate surface area is 167 Å². The van der Waals surface area contributed by atoms with Gasteiger partial charge < -0.3 is 5.32 Å². The zero-order chi connectivity index (χ0) is 19.8. The third kappa shape index (κ3) is 3.40. The van der Waals surface area contributed by atoms with Gasteiger partial charge in [-0.25, -0.2) is 9.36 Å². The van der Waals surface area contributed by atoms with E-state index in [1.54, 1.807) is 17.1 Å². The summed E-state index contributed by atoms with van der Waals surface area (Å²) in [5.74, 6) is 0.547. The second kappa shape index (κ2) is 6.97. The molecule has 1 fully saturated rings. The van der Waals surface area contributed by atoms with Gasteiger partial charge in [-0.15, -0.1) is 5.10 Å². The lowest BCUT2D eigenvalue weighted by atomic mass is 10.2. The summed E-state index contributed by atoms with van der Waals surface area (Å²) in [6.07, 6.45) is 5.53. The lowest BCUT2D eigenvalue weighted by molar-refractivity contribution is 0.102. The molecule has 4 aromatic rings. The molecule has 8 heteroatoms.